The van der Waals surface area contributed by atoms with Crippen molar-refractivity contribution in [2.24, 2.45) is 0 Å². The average molecular weight is 277 g/mol. The van der Waals surface area contributed by atoms with Gasteiger partial charge in [-0.2, -0.15) is 0 Å². The van der Waals surface area contributed by atoms with E-state index in [4.69, 9.17) is 5.11 Å². The summed E-state index contributed by atoms with van der Waals surface area (Å²) in [4.78, 5) is 16.7. The van der Waals surface area contributed by atoms with Crippen LogP contribution >= 0.6 is 11.3 Å². The van der Waals surface area contributed by atoms with Crippen molar-refractivity contribution < 1.29 is 14.3 Å². The standard InChI is InChI=1S/C14H12FNO2S/c1-7-6-8(15)2-3-9(7)13-16-12-10(14(17)18)4-5-11(12)19-13/h2-3,6,10H,4-5H2,1H3,(H,17,18). The largest absolute Gasteiger partial charge is 0.481 e. The van der Waals surface area contributed by atoms with Crippen molar-refractivity contribution in [1.29, 1.82) is 0 Å². The highest BCUT2D eigenvalue weighted by Gasteiger charge is 2.32. The molecular formula is C14H12FNO2S. The van der Waals surface area contributed by atoms with Crippen molar-refractivity contribution in [2.45, 2.75) is 25.7 Å². The van der Waals surface area contributed by atoms with Crippen LogP contribution in [0.25, 0.3) is 10.6 Å². The number of benzene rings is 1. The van der Waals surface area contributed by atoms with Gasteiger partial charge in [0.2, 0.25) is 0 Å². The lowest BCUT2D eigenvalue weighted by Crippen LogP contribution is -2.08. The third-order valence-electron chi connectivity index (χ3n) is 3.43. The normalized spacial score (nSPS) is 17.5. The van der Waals surface area contributed by atoms with Crippen LogP contribution in [0.4, 0.5) is 4.39 Å². The number of halogens is 1. The second-order valence-corrected chi connectivity index (χ2v) is 5.80. The summed E-state index contributed by atoms with van der Waals surface area (Å²) >= 11 is 1.52. The van der Waals surface area contributed by atoms with E-state index >= 15 is 0 Å². The highest BCUT2D eigenvalue weighted by Crippen LogP contribution is 2.40. The van der Waals surface area contributed by atoms with E-state index in [9.17, 15) is 9.18 Å². The molecule has 0 aliphatic heterocycles. The van der Waals surface area contributed by atoms with Crippen LogP contribution in [-0.2, 0) is 11.2 Å². The quantitative estimate of drug-likeness (QED) is 0.915. The molecule has 1 aromatic heterocycles. The lowest BCUT2D eigenvalue weighted by atomic mass is 10.1. The van der Waals surface area contributed by atoms with Crippen LogP contribution in [0.1, 0.15) is 28.5 Å². The summed E-state index contributed by atoms with van der Waals surface area (Å²) in [6.45, 7) is 1.83. The van der Waals surface area contributed by atoms with E-state index in [0.717, 1.165) is 27.4 Å². The number of carboxylic acids is 1. The Hall–Kier alpha value is -1.75. The molecule has 3 rings (SSSR count). The van der Waals surface area contributed by atoms with Gasteiger partial charge in [-0.05, 0) is 43.5 Å². The Labute approximate surface area is 113 Å². The third-order valence-corrected chi connectivity index (χ3v) is 4.60. The van der Waals surface area contributed by atoms with Crippen molar-refractivity contribution in [2.75, 3.05) is 0 Å². The first-order chi connectivity index (χ1) is 9.06. The minimum Gasteiger partial charge on any atom is -0.481 e. The number of hydrogen-bond acceptors (Lipinski definition) is 3. The fraction of sp³-hybridized carbons (Fsp3) is 0.286. The monoisotopic (exact) mass is 277 g/mol. The van der Waals surface area contributed by atoms with E-state index in [1.54, 1.807) is 6.07 Å². The molecule has 1 unspecified atom stereocenters. The zero-order valence-electron chi connectivity index (χ0n) is 10.3. The number of aryl methyl sites for hydroxylation is 2. The van der Waals surface area contributed by atoms with Crippen LogP contribution in [0.3, 0.4) is 0 Å². The average Bonchev–Trinajstić information content (AvgIpc) is 2.87. The van der Waals surface area contributed by atoms with Gasteiger partial charge in [0.25, 0.3) is 0 Å². The Bertz CT molecular complexity index is 665. The maximum atomic E-state index is 13.1. The van der Waals surface area contributed by atoms with E-state index in [-0.39, 0.29) is 5.82 Å². The van der Waals surface area contributed by atoms with Gasteiger partial charge in [-0.3, -0.25) is 4.79 Å². The number of nitrogens with zero attached hydrogens (tertiary/aromatic N) is 1. The molecule has 19 heavy (non-hydrogen) atoms. The van der Waals surface area contributed by atoms with Gasteiger partial charge < -0.3 is 5.11 Å². The topological polar surface area (TPSA) is 50.2 Å². The summed E-state index contributed by atoms with van der Waals surface area (Å²) in [7, 11) is 0. The summed E-state index contributed by atoms with van der Waals surface area (Å²) in [6, 6.07) is 4.58. The number of rotatable bonds is 2. The molecule has 98 valence electrons. The molecule has 1 atom stereocenters. The molecule has 1 N–H and O–H groups in total. The van der Waals surface area contributed by atoms with Gasteiger partial charge in [0.1, 0.15) is 16.7 Å². The van der Waals surface area contributed by atoms with E-state index in [0.29, 0.717) is 12.1 Å². The number of hydrogen-bond donors (Lipinski definition) is 1. The predicted octanol–water partition coefficient (Wildman–Crippen LogP) is 3.37. The lowest BCUT2D eigenvalue weighted by Gasteiger charge is -2.04. The second kappa shape index (κ2) is 4.42. The number of carboxylic acid groups (broad SMARTS) is 1. The molecule has 1 heterocycles. The van der Waals surface area contributed by atoms with E-state index in [2.05, 4.69) is 4.98 Å². The third kappa shape index (κ3) is 2.04. The molecule has 5 heteroatoms. The second-order valence-electron chi connectivity index (χ2n) is 4.72. The fourth-order valence-corrected chi connectivity index (χ4v) is 3.68. The summed E-state index contributed by atoms with van der Waals surface area (Å²) in [5.41, 5.74) is 2.39. The zero-order chi connectivity index (χ0) is 13.6. The summed E-state index contributed by atoms with van der Waals surface area (Å²) in [6.07, 6.45) is 1.40. The highest BCUT2D eigenvalue weighted by molar-refractivity contribution is 7.15. The van der Waals surface area contributed by atoms with Crippen molar-refractivity contribution in [1.82, 2.24) is 4.98 Å². The molecule has 0 bridgehead atoms. The van der Waals surface area contributed by atoms with Gasteiger partial charge in [0.05, 0.1) is 5.69 Å². The van der Waals surface area contributed by atoms with E-state index in [1.807, 2.05) is 6.92 Å². The van der Waals surface area contributed by atoms with Crippen LogP contribution in [-0.4, -0.2) is 16.1 Å². The van der Waals surface area contributed by atoms with Crippen LogP contribution in [0.15, 0.2) is 18.2 Å². The van der Waals surface area contributed by atoms with Crippen LogP contribution < -0.4 is 0 Å². The maximum Gasteiger partial charge on any atom is 0.312 e. The SMILES string of the molecule is Cc1cc(F)ccc1-c1nc2c(s1)CCC2C(=O)O. The summed E-state index contributed by atoms with van der Waals surface area (Å²) < 4.78 is 13.1. The molecule has 2 aromatic rings. The molecule has 0 radical (unpaired) electrons. The number of carbonyl (C=O) groups is 1. The first kappa shape index (κ1) is 12.3. The Morgan fingerprint density at radius 1 is 1.53 bits per heavy atom. The molecule has 3 nitrogen and oxygen atoms in total. The smallest absolute Gasteiger partial charge is 0.312 e. The predicted molar refractivity (Wildman–Crippen MR) is 70.9 cm³/mol. The van der Waals surface area contributed by atoms with Crippen LogP contribution in [0.2, 0.25) is 0 Å². The lowest BCUT2D eigenvalue weighted by molar-refractivity contribution is -0.138. The van der Waals surface area contributed by atoms with Crippen molar-refractivity contribution in [3.63, 3.8) is 0 Å². The van der Waals surface area contributed by atoms with Gasteiger partial charge in [-0.15, -0.1) is 11.3 Å². The molecule has 0 amide bonds. The molecule has 0 saturated heterocycles. The molecule has 1 aromatic carbocycles. The Kier molecular flexibility index (Phi) is 2.86. The minimum absolute atomic E-state index is 0.270. The van der Waals surface area contributed by atoms with Crippen molar-refractivity contribution in [3.05, 3.63) is 40.2 Å². The van der Waals surface area contributed by atoms with Crippen LogP contribution in [0, 0.1) is 12.7 Å². The van der Waals surface area contributed by atoms with Gasteiger partial charge in [0.15, 0.2) is 0 Å². The van der Waals surface area contributed by atoms with Gasteiger partial charge >= 0.3 is 5.97 Å². The van der Waals surface area contributed by atoms with Crippen LogP contribution in [0.5, 0.6) is 0 Å². The minimum atomic E-state index is -0.813. The maximum absolute atomic E-state index is 13.1. The fourth-order valence-electron chi connectivity index (χ4n) is 2.45. The Balaban J connectivity index is 2.04. The van der Waals surface area contributed by atoms with Crippen molar-refractivity contribution >= 4 is 17.3 Å². The van der Waals surface area contributed by atoms with Gasteiger partial charge in [-0.1, -0.05) is 0 Å². The number of aromatic nitrogens is 1. The van der Waals surface area contributed by atoms with E-state index in [1.165, 1.54) is 23.5 Å². The number of thiazole rings is 1. The van der Waals surface area contributed by atoms with Gasteiger partial charge in [-0.25, -0.2) is 9.37 Å². The molecule has 0 saturated carbocycles. The molecule has 0 spiro atoms. The summed E-state index contributed by atoms with van der Waals surface area (Å²) in [5, 5.41) is 9.93. The van der Waals surface area contributed by atoms with E-state index < -0.39 is 11.9 Å². The molecule has 1 aliphatic rings. The Morgan fingerprint density at radius 2 is 2.32 bits per heavy atom. The highest BCUT2D eigenvalue weighted by atomic mass is 32.1. The first-order valence-electron chi connectivity index (χ1n) is 6.05. The van der Waals surface area contributed by atoms with Crippen molar-refractivity contribution in [3.8, 4) is 10.6 Å². The summed E-state index contributed by atoms with van der Waals surface area (Å²) in [5.74, 6) is -1.57. The zero-order valence-corrected chi connectivity index (χ0v) is 11.1. The number of fused-ring (bicyclic) bond motifs is 1. The number of aliphatic carboxylic acids is 1. The molecule has 1 aliphatic carbocycles. The first-order valence-corrected chi connectivity index (χ1v) is 6.87. The van der Waals surface area contributed by atoms with Gasteiger partial charge in [0, 0.05) is 10.4 Å². The Morgan fingerprint density at radius 3 is 3.00 bits per heavy atom. The molecule has 0 fully saturated rings. The molecular weight excluding hydrogens is 265 g/mol.